The van der Waals surface area contributed by atoms with Crippen molar-refractivity contribution in [3.05, 3.63) is 69.8 Å². The first-order valence-electron chi connectivity index (χ1n) is 10.4. The minimum absolute atomic E-state index is 0.0393. The second-order valence-corrected chi connectivity index (χ2v) is 8.62. The second-order valence-electron chi connectivity index (χ2n) is 7.78. The minimum Gasteiger partial charge on any atom is -0.346 e. The maximum absolute atomic E-state index is 13.1. The summed E-state index contributed by atoms with van der Waals surface area (Å²) in [6, 6.07) is 14.8. The topological polar surface area (TPSA) is 69.3 Å². The zero-order valence-electron chi connectivity index (χ0n) is 17.4. The number of aromatic nitrogens is 1. The molecule has 1 aromatic heterocycles. The lowest BCUT2D eigenvalue weighted by Crippen LogP contribution is -2.50. The molecule has 0 spiro atoms. The summed E-state index contributed by atoms with van der Waals surface area (Å²) in [5.41, 5.74) is 2.07. The zero-order chi connectivity index (χ0) is 22.7. The van der Waals surface area contributed by atoms with Crippen molar-refractivity contribution in [3.8, 4) is 6.07 Å². The Morgan fingerprint density at radius 2 is 1.75 bits per heavy atom. The number of rotatable bonds is 6. The van der Waals surface area contributed by atoms with Gasteiger partial charge in [0.05, 0.1) is 29.6 Å². The molecule has 1 saturated heterocycles. The van der Waals surface area contributed by atoms with E-state index in [9.17, 15) is 9.59 Å². The molecule has 0 bridgehead atoms. The number of hydrogen-bond acceptors (Lipinski definition) is 4. The zero-order valence-corrected chi connectivity index (χ0v) is 18.9. The van der Waals surface area contributed by atoms with Crippen molar-refractivity contribution in [1.82, 2.24) is 14.4 Å². The third-order valence-corrected chi connectivity index (χ3v) is 6.29. The Hall–Kier alpha value is -2.85. The van der Waals surface area contributed by atoms with Crippen molar-refractivity contribution in [2.75, 3.05) is 32.7 Å². The van der Waals surface area contributed by atoms with Gasteiger partial charge in [0.25, 0.3) is 5.91 Å². The Morgan fingerprint density at radius 3 is 2.47 bits per heavy atom. The number of halogens is 2. The minimum atomic E-state index is -0.127. The standard InChI is InChI=1S/C24H22Cl2N4O2/c25-17-6-7-19(21(26)14-17)24(32)29-12-10-28(11-13-29)16-23(31)20-15-30(9-3-8-27)22-5-2-1-4-18(20)22/h1-2,4-7,14-15H,3,9-13,16H2. The van der Waals surface area contributed by atoms with E-state index in [0.717, 1.165) is 10.9 Å². The van der Waals surface area contributed by atoms with E-state index in [-0.39, 0.29) is 18.2 Å². The lowest BCUT2D eigenvalue weighted by Gasteiger charge is -2.34. The van der Waals surface area contributed by atoms with Crippen molar-refractivity contribution >= 4 is 45.8 Å². The molecule has 1 amide bonds. The molecule has 0 radical (unpaired) electrons. The molecule has 164 valence electrons. The first-order chi connectivity index (χ1) is 15.5. The molecule has 32 heavy (non-hydrogen) atoms. The van der Waals surface area contributed by atoms with Crippen molar-refractivity contribution in [3.63, 3.8) is 0 Å². The number of ketones is 1. The first kappa shape index (κ1) is 22.3. The number of benzene rings is 2. The molecule has 4 rings (SSSR count). The Bertz CT molecular complexity index is 1210. The Kier molecular flexibility index (Phi) is 6.80. The van der Waals surface area contributed by atoms with Gasteiger partial charge in [-0.2, -0.15) is 5.26 Å². The highest BCUT2D eigenvalue weighted by atomic mass is 35.5. The fourth-order valence-electron chi connectivity index (χ4n) is 4.06. The van der Waals surface area contributed by atoms with Gasteiger partial charge in [-0.05, 0) is 24.3 Å². The average molecular weight is 469 g/mol. The normalized spacial score (nSPS) is 14.5. The fourth-order valence-corrected chi connectivity index (χ4v) is 4.54. The summed E-state index contributed by atoms with van der Waals surface area (Å²) < 4.78 is 1.97. The van der Waals surface area contributed by atoms with Crippen LogP contribution < -0.4 is 0 Å². The van der Waals surface area contributed by atoms with E-state index in [1.807, 2.05) is 35.0 Å². The van der Waals surface area contributed by atoms with Crippen LogP contribution in [-0.2, 0) is 6.54 Å². The number of fused-ring (bicyclic) bond motifs is 1. The third kappa shape index (κ3) is 4.66. The molecule has 1 aliphatic rings. The largest absolute Gasteiger partial charge is 0.346 e. The number of carbonyl (C=O) groups is 2. The van der Waals surface area contributed by atoms with Crippen LogP contribution in [0, 0.1) is 11.3 Å². The molecular formula is C24H22Cl2N4O2. The van der Waals surface area contributed by atoms with Crippen molar-refractivity contribution in [1.29, 1.82) is 5.26 Å². The highest BCUT2D eigenvalue weighted by Gasteiger charge is 2.25. The van der Waals surface area contributed by atoms with E-state index >= 15 is 0 Å². The molecule has 0 aliphatic carbocycles. The smallest absolute Gasteiger partial charge is 0.255 e. The number of para-hydroxylation sites is 1. The number of Topliss-reactive ketones (excluding diaryl/α,β-unsaturated/α-hetero) is 1. The van der Waals surface area contributed by atoms with Crippen molar-refractivity contribution in [2.24, 2.45) is 0 Å². The molecule has 0 atom stereocenters. The van der Waals surface area contributed by atoms with Gasteiger partial charge in [0.1, 0.15) is 0 Å². The average Bonchev–Trinajstić information content (AvgIpc) is 3.17. The molecule has 1 fully saturated rings. The molecule has 2 heterocycles. The van der Waals surface area contributed by atoms with Crippen LogP contribution in [0.1, 0.15) is 27.1 Å². The van der Waals surface area contributed by atoms with E-state index in [1.165, 1.54) is 0 Å². The number of hydrogen-bond donors (Lipinski definition) is 0. The van der Waals surface area contributed by atoms with Gasteiger partial charge in [0, 0.05) is 60.4 Å². The SMILES string of the molecule is N#CCCn1cc(C(=O)CN2CCN(C(=O)c3ccc(Cl)cc3Cl)CC2)c2ccccc21. The van der Waals surface area contributed by atoms with E-state index < -0.39 is 0 Å². The van der Waals surface area contributed by atoms with Gasteiger partial charge in [0.2, 0.25) is 0 Å². The summed E-state index contributed by atoms with van der Waals surface area (Å²) in [4.78, 5) is 29.7. The molecule has 6 nitrogen and oxygen atoms in total. The van der Waals surface area contributed by atoms with Crippen LogP contribution in [0.5, 0.6) is 0 Å². The van der Waals surface area contributed by atoms with Gasteiger partial charge in [-0.3, -0.25) is 14.5 Å². The molecule has 2 aromatic carbocycles. The van der Waals surface area contributed by atoms with Gasteiger partial charge in [-0.25, -0.2) is 0 Å². The second kappa shape index (κ2) is 9.74. The fraction of sp³-hybridized carbons (Fsp3) is 0.292. The third-order valence-electron chi connectivity index (χ3n) is 5.74. The molecule has 0 N–H and O–H groups in total. The molecule has 8 heteroatoms. The lowest BCUT2D eigenvalue weighted by atomic mass is 10.1. The summed E-state index contributed by atoms with van der Waals surface area (Å²) in [6.07, 6.45) is 2.24. The maximum Gasteiger partial charge on any atom is 0.255 e. The van der Waals surface area contributed by atoms with Gasteiger partial charge in [0.15, 0.2) is 5.78 Å². The van der Waals surface area contributed by atoms with Crippen LogP contribution in [0.25, 0.3) is 10.9 Å². The van der Waals surface area contributed by atoms with Crippen molar-refractivity contribution < 1.29 is 9.59 Å². The monoisotopic (exact) mass is 468 g/mol. The Labute approximate surface area is 196 Å². The summed E-state index contributed by atoms with van der Waals surface area (Å²) in [7, 11) is 0. The molecule has 0 unspecified atom stereocenters. The summed E-state index contributed by atoms with van der Waals surface area (Å²) in [5.74, 6) is -0.0874. The number of amides is 1. The predicted octanol–water partition coefficient (Wildman–Crippen LogP) is 4.50. The van der Waals surface area contributed by atoms with E-state index in [4.69, 9.17) is 28.5 Å². The van der Waals surface area contributed by atoms with Crippen LogP contribution in [0.3, 0.4) is 0 Å². The summed E-state index contributed by atoms with van der Waals surface area (Å²) >= 11 is 12.1. The predicted molar refractivity (Wildman–Crippen MR) is 125 cm³/mol. The lowest BCUT2D eigenvalue weighted by molar-refractivity contribution is 0.0625. The summed E-state index contributed by atoms with van der Waals surface area (Å²) in [5, 5.41) is 10.6. The van der Waals surface area contributed by atoms with E-state index in [1.54, 1.807) is 23.1 Å². The maximum atomic E-state index is 13.1. The number of carbonyl (C=O) groups excluding carboxylic acids is 2. The van der Waals surface area contributed by atoms with Crippen LogP contribution in [0.15, 0.2) is 48.7 Å². The van der Waals surface area contributed by atoms with Gasteiger partial charge in [-0.1, -0.05) is 41.4 Å². The highest BCUT2D eigenvalue weighted by Crippen LogP contribution is 2.24. The van der Waals surface area contributed by atoms with Crippen LogP contribution in [-0.4, -0.2) is 58.8 Å². The highest BCUT2D eigenvalue weighted by molar-refractivity contribution is 6.36. The van der Waals surface area contributed by atoms with E-state index in [2.05, 4.69) is 11.0 Å². The molecule has 1 aliphatic heterocycles. The number of nitriles is 1. The Balaban J connectivity index is 1.41. The Morgan fingerprint density at radius 1 is 1.00 bits per heavy atom. The molecular weight excluding hydrogens is 447 g/mol. The molecule has 3 aromatic rings. The van der Waals surface area contributed by atoms with Gasteiger partial charge < -0.3 is 9.47 Å². The van der Waals surface area contributed by atoms with Gasteiger partial charge in [-0.15, -0.1) is 0 Å². The van der Waals surface area contributed by atoms with Crippen LogP contribution >= 0.6 is 23.2 Å². The summed E-state index contributed by atoms with van der Waals surface area (Å²) in [6.45, 7) is 3.10. The number of piperazine rings is 1. The quantitative estimate of drug-likeness (QED) is 0.499. The van der Waals surface area contributed by atoms with Crippen LogP contribution in [0.4, 0.5) is 0 Å². The number of nitrogens with zero attached hydrogens (tertiary/aromatic N) is 4. The van der Waals surface area contributed by atoms with Crippen LogP contribution in [0.2, 0.25) is 10.0 Å². The van der Waals surface area contributed by atoms with Crippen molar-refractivity contribution in [2.45, 2.75) is 13.0 Å². The molecule has 0 saturated carbocycles. The van der Waals surface area contributed by atoms with E-state index in [0.29, 0.717) is 60.3 Å². The number of aryl methyl sites for hydroxylation is 1. The first-order valence-corrected chi connectivity index (χ1v) is 11.2. The van der Waals surface area contributed by atoms with Gasteiger partial charge >= 0.3 is 0 Å².